The molecule has 58 valence electrons. The van der Waals surface area contributed by atoms with Crippen molar-refractivity contribution in [1.82, 2.24) is 0 Å². The largest absolute Gasteiger partial charge is 0.493 e. The first kappa shape index (κ1) is 8.10. The third-order valence-corrected chi connectivity index (χ3v) is 1.49. The molecule has 0 saturated heterocycles. The number of hydrogen-bond donors (Lipinski definition) is 2. The molecule has 1 aromatic rings. The van der Waals surface area contributed by atoms with E-state index in [4.69, 9.17) is 10.4 Å². The van der Waals surface area contributed by atoms with Crippen molar-refractivity contribution < 1.29 is 9.68 Å². The van der Waals surface area contributed by atoms with Crippen molar-refractivity contribution in [1.29, 1.82) is 0 Å². The lowest BCUT2D eigenvalue weighted by Gasteiger charge is -2.05. The van der Waals surface area contributed by atoms with Gasteiger partial charge in [-0.1, -0.05) is 18.2 Å². The fourth-order valence-corrected chi connectivity index (χ4v) is 0.863. The van der Waals surface area contributed by atoms with Crippen LogP contribution < -0.4 is 11.2 Å². The molecule has 0 aliphatic rings. The van der Waals surface area contributed by atoms with Gasteiger partial charge in [-0.25, -0.2) is 0 Å². The highest BCUT2D eigenvalue weighted by atomic mass is 16.5. The molecule has 0 aliphatic heterocycles. The van der Waals surface area contributed by atoms with E-state index in [1.54, 1.807) is 24.3 Å². The Kier molecular flexibility index (Phi) is 2.51. The molecule has 0 bridgehead atoms. The van der Waals surface area contributed by atoms with Crippen LogP contribution in [0, 0.1) is 0 Å². The normalized spacial score (nSPS) is 9.64. The highest BCUT2D eigenvalue weighted by molar-refractivity contribution is 6.61. The third-order valence-electron chi connectivity index (χ3n) is 1.49. The number of benzene rings is 1. The summed E-state index contributed by atoms with van der Waals surface area (Å²) in [5.74, 6) is 0. The Morgan fingerprint density at radius 3 is 2.64 bits per heavy atom. The summed E-state index contributed by atoms with van der Waals surface area (Å²) < 4.78 is 4.69. The van der Waals surface area contributed by atoms with Gasteiger partial charge in [0.25, 0.3) is 0 Å². The zero-order chi connectivity index (χ0) is 8.27. The second kappa shape index (κ2) is 3.41. The Morgan fingerprint density at radius 1 is 1.45 bits per heavy atom. The molecule has 3 nitrogen and oxygen atoms in total. The maximum Gasteiger partial charge on any atom is 0.493 e. The first-order valence-corrected chi connectivity index (χ1v) is 3.31. The molecule has 0 aromatic heterocycles. The molecular weight excluding hydrogens is 141 g/mol. The maximum atomic E-state index is 9.21. The number of nitrogens with two attached hydrogens (primary N) is 1. The van der Waals surface area contributed by atoms with Gasteiger partial charge in [-0.05, 0) is 6.07 Å². The summed E-state index contributed by atoms with van der Waals surface area (Å²) in [6, 6.07) is 7.05. The lowest BCUT2D eigenvalue weighted by molar-refractivity contribution is 0.342. The molecule has 0 amide bonds. The quantitative estimate of drug-likeness (QED) is 0.446. The van der Waals surface area contributed by atoms with Gasteiger partial charge in [0.05, 0.1) is 0 Å². The lowest BCUT2D eigenvalue weighted by Crippen LogP contribution is -2.34. The van der Waals surface area contributed by atoms with Gasteiger partial charge in [0.1, 0.15) is 0 Å². The predicted octanol–water partition coefficient (Wildman–Crippen LogP) is -0.397. The predicted molar refractivity (Wildman–Crippen MR) is 45.5 cm³/mol. The summed E-state index contributed by atoms with van der Waals surface area (Å²) in [7, 11) is 0.507. The van der Waals surface area contributed by atoms with Crippen molar-refractivity contribution in [3.05, 3.63) is 24.3 Å². The topological polar surface area (TPSA) is 55.5 Å². The number of rotatable bonds is 2. The van der Waals surface area contributed by atoms with E-state index < -0.39 is 7.12 Å². The van der Waals surface area contributed by atoms with E-state index in [0.717, 1.165) is 0 Å². The Hall–Kier alpha value is -0.995. The average molecular weight is 151 g/mol. The summed E-state index contributed by atoms with van der Waals surface area (Å²) in [6.07, 6.45) is 0. The van der Waals surface area contributed by atoms with Gasteiger partial charge < -0.3 is 15.4 Å². The number of para-hydroxylation sites is 1. The zero-order valence-corrected chi connectivity index (χ0v) is 6.32. The molecule has 0 atom stereocenters. The van der Waals surface area contributed by atoms with Crippen molar-refractivity contribution in [2.45, 2.75) is 0 Å². The summed E-state index contributed by atoms with van der Waals surface area (Å²) in [6.45, 7) is 0. The summed E-state index contributed by atoms with van der Waals surface area (Å²) >= 11 is 0. The maximum absolute atomic E-state index is 9.21. The molecule has 0 aliphatic carbocycles. The molecular formula is C7H10BNO2. The number of nitrogen functional groups attached to an aromatic ring is 1. The second-order valence-corrected chi connectivity index (χ2v) is 2.22. The first-order valence-electron chi connectivity index (χ1n) is 3.31. The van der Waals surface area contributed by atoms with Crippen molar-refractivity contribution in [3.8, 4) is 0 Å². The first-order chi connectivity index (χ1) is 5.25. The van der Waals surface area contributed by atoms with Crippen LogP contribution >= 0.6 is 0 Å². The summed E-state index contributed by atoms with van der Waals surface area (Å²) in [5, 5.41) is 9.21. The van der Waals surface area contributed by atoms with Crippen molar-refractivity contribution >= 4 is 18.3 Å². The van der Waals surface area contributed by atoms with Gasteiger partial charge in [0.2, 0.25) is 0 Å². The average Bonchev–Trinajstić information content (AvgIpc) is 2.04. The van der Waals surface area contributed by atoms with E-state index in [0.29, 0.717) is 11.2 Å². The molecule has 4 heteroatoms. The van der Waals surface area contributed by atoms with E-state index in [1.807, 2.05) is 0 Å². The summed E-state index contributed by atoms with van der Waals surface area (Å²) in [4.78, 5) is 0. The lowest BCUT2D eigenvalue weighted by atomic mass is 9.78. The fourth-order valence-electron chi connectivity index (χ4n) is 0.863. The molecule has 0 heterocycles. The van der Waals surface area contributed by atoms with E-state index in [-0.39, 0.29) is 0 Å². The van der Waals surface area contributed by atoms with Crippen molar-refractivity contribution in [2.75, 3.05) is 12.8 Å². The van der Waals surface area contributed by atoms with E-state index >= 15 is 0 Å². The summed E-state index contributed by atoms with van der Waals surface area (Å²) in [5.41, 5.74) is 6.71. The molecule has 0 spiro atoms. The Labute approximate surface area is 65.9 Å². The molecule has 0 saturated carbocycles. The zero-order valence-electron chi connectivity index (χ0n) is 6.32. The van der Waals surface area contributed by atoms with Gasteiger partial charge >= 0.3 is 7.12 Å². The molecule has 1 aromatic carbocycles. The smallest absolute Gasteiger partial charge is 0.423 e. The third kappa shape index (κ3) is 1.72. The minimum atomic E-state index is -0.920. The van der Waals surface area contributed by atoms with Crippen molar-refractivity contribution in [2.24, 2.45) is 0 Å². The number of anilines is 1. The Bertz CT molecular complexity index is 242. The van der Waals surface area contributed by atoms with Crippen molar-refractivity contribution in [3.63, 3.8) is 0 Å². The van der Waals surface area contributed by atoms with Gasteiger partial charge in [-0.15, -0.1) is 0 Å². The highest BCUT2D eigenvalue weighted by Gasteiger charge is 2.15. The van der Waals surface area contributed by atoms with E-state index in [1.165, 1.54) is 7.11 Å². The van der Waals surface area contributed by atoms with Gasteiger partial charge in [0.15, 0.2) is 0 Å². The Balaban J connectivity index is 2.93. The molecule has 11 heavy (non-hydrogen) atoms. The van der Waals surface area contributed by atoms with Crippen LogP contribution in [0.1, 0.15) is 0 Å². The molecule has 1 rings (SSSR count). The van der Waals surface area contributed by atoms with Crippen LogP contribution in [-0.4, -0.2) is 19.3 Å². The van der Waals surface area contributed by atoms with Crippen LogP contribution in [0.5, 0.6) is 0 Å². The van der Waals surface area contributed by atoms with Gasteiger partial charge in [-0.2, -0.15) is 0 Å². The second-order valence-electron chi connectivity index (χ2n) is 2.22. The standard InChI is InChI=1S/C7H10BNO2/c1-11-8(10)6-4-2-3-5-7(6)9/h2-5,10H,9H2,1H3. The number of hydrogen-bond acceptors (Lipinski definition) is 3. The van der Waals surface area contributed by atoms with Crippen LogP contribution in [0.25, 0.3) is 0 Å². The molecule has 0 radical (unpaired) electrons. The van der Waals surface area contributed by atoms with E-state index in [2.05, 4.69) is 0 Å². The van der Waals surface area contributed by atoms with Crippen LogP contribution in [0.15, 0.2) is 24.3 Å². The minimum Gasteiger partial charge on any atom is -0.423 e. The van der Waals surface area contributed by atoms with Crippen LogP contribution in [0.2, 0.25) is 0 Å². The van der Waals surface area contributed by atoms with E-state index in [9.17, 15) is 5.02 Å². The van der Waals surface area contributed by atoms with Crippen LogP contribution in [0.3, 0.4) is 0 Å². The molecule has 3 N–H and O–H groups in total. The monoisotopic (exact) mass is 151 g/mol. The SMILES string of the molecule is COB(O)c1ccccc1N. The fraction of sp³-hybridized carbons (Fsp3) is 0.143. The van der Waals surface area contributed by atoms with Crippen LogP contribution in [-0.2, 0) is 4.65 Å². The molecule has 0 fully saturated rings. The van der Waals surface area contributed by atoms with Gasteiger partial charge in [0, 0.05) is 18.3 Å². The highest BCUT2D eigenvalue weighted by Crippen LogP contribution is 1.97. The minimum absolute atomic E-state index is 0.543. The molecule has 0 unspecified atom stereocenters. The Morgan fingerprint density at radius 2 is 2.09 bits per heavy atom. The van der Waals surface area contributed by atoms with Gasteiger partial charge in [-0.3, -0.25) is 0 Å². The van der Waals surface area contributed by atoms with Crippen LogP contribution in [0.4, 0.5) is 5.69 Å².